The van der Waals surface area contributed by atoms with E-state index in [1.807, 2.05) is 47.4 Å². The van der Waals surface area contributed by atoms with Gasteiger partial charge < -0.3 is 15.0 Å². The Morgan fingerprint density at radius 2 is 1.86 bits per heavy atom. The number of hydrogen-bond donors (Lipinski definition) is 2. The van der Waals surface area contributed by atoms with E-state index in [2.05, 4.69) is 21.7 Å². The number of hydrogen-bond acceptors (Lipinski definition) is 8. The van der Waals surface area contributed by atoms with Gasteiger partial charge in [0.25, 0.3) is 11.6 Å². The van der Waals surface area contributed by atoms with Gasteiger partial charge in [-0.05, 0) is 54.2 Å². The molecule has 0 bridgehead atoms. The molecule has 0 radical (unpaired) electrons. The van der Waals surface area contributed by atoms with Crippen molar-refractivity contribution in [3.8, 4) is 0 Å². The van der Waals surface area contributed by atoms with Crippen molar-refractivity contribution in [2.24, 2.45) is 0 Å². The van der Waals surface area contributed by atoms with Gasteiger partial charge in [0.05, 0.1) is 33.4 Å². The molecule has 0 aliphatic carbocycles. The minimum Gasteiger partial charge on any atom is -0.378 e. The van der Waals surface area contributed by atoms with Crippen LogP contribution in [0.2, 0.25) is 0 Å². The Balaban J connectivity index is 1.20. The zero-order valence-corrected chi connectivity index (χ0v) is 21.3. The summed E-state index contributed by atoms with van der Waals surface area (Å²) in [5, 5.41) is 18.4. The molecule has 0 unspecified atom stereocenters. The lowest BCUT2D eigenvalue weighted by molar-refractivity contribution is -0.384. The molecule has 0 saturated carbocycles. The summed E-state index contributed by atoms with van der Waals surface area (Å²) in [7, 11) is 0. The quantitative estimate of drug-likeness (QED) is 0.207. The second-order valence-electron chi connectivity index (χ2n) is 8.42. The number of ether oxygens (including phenoxy) is 1. The molecule has 1 aliphatic heterocycles. The normalized spacial score (nSPS) is 13.4. The molecule has 1 amide bonds. The van der Waals surface area contributed by atoms with Gasteiger partial charge in [-0.3, -0.25) is 20.2 Å². The van der Waals surface area contributed by atoms with Crippen LogP contribution in [0.15, 0.2) is 66.7 Å². The zero-order chi connectivity index (χ0) is 25.8. The number of carbonyl (C=O) groups is 1. The van der Waals surface area contributed by atoms with Crippen LogP contribution in [0.25, 0.3) is 10.2 Å². The summed E-state index contributed by atoms with van der Waals surface area (Å²) in [5.74, 6) is -0.526. The van der Waals surface area contributed by atoms with E-state index in [4.69, 9.17) is 17.0 Å². The molecule has 5 rings (SSSR count). The van der Waals surface area contributed by atoms with Crippen LogP contribution in [0.1, 0.15) is 20.9 Å². The van der Waals surface area contributed by atoms with Gasteiger partial charge in [-0.15, -0.1) is 11.3 Å². The Bertz CT molecular complexity index is 1430. The van der Waals surface area contributed by atoms with Crippen molar-refractivity contribution in [3.05, 3.63) is 93.0 Å². The molecule has 9 nitrogen and oxygen atoms in total. The second kappa shape index (κ2) is 11.0. The highest BCUT2D eigenvalue weighted by Gasteiger charge is 2.23. The number of nitrogens with zero attached hydrogens (tertiary/aromatic N) is 3. The number of amides is 1. The smallest absolute Gasteiger partial charge is 0.293 e. The van der Waals surface area contributed by atoms with Crippen molar-refractivity contribution >= 4 is 61.9 Å². The van der Waals surface area contributed by atoms with Crippen LogP contribution >= 0.6 is 23.6 Å². The third kappa shape index (κ3) is 5.91. The van der Waals surface area contributed by atoms with E-state index in [9.17, 15) is 14.9 Å². The number of nitrogens with one attached hydrogen (secondary N) is 2. The van der Waals surface area contributed by atoms with Crippen molar-refractivity contribution in [1.29, 1.82) is 0 Å². The molecule has 1 aromatic heterocycles. The number of rotatable bonds is 6. The lowest BCUT2D eigenvalue weighted by atomic mass is 10.1. The average Bonchev–Trinajstić information content (AvgIpc) is 3.32. The third-order valence-corrected chi connectivity index (χ3v) is 7.16. The summed E-state index contributed by atoms with van der Waals surface area (Å²) in [6.45, 7) is 2.12. The van der Waals surface area contributed by atoms with E-state index in [0.29, 0.717) is 37.7 Å². The molecule has 1 fully saturated rings. The molecule has 1 saturated heterocycles. The fraction of sp³-hybridized carbons (Fsp3) is 0.192. The number of para-hydroxylation sites is 1. The van der Waals surface area contributed by atoms with Crippen molar-refractivity contribution < 1.29 is 14.5 Å². The van der Waals surface area contributed by atoms with Crippen LogP contribution in [0, 0.1) is 10.1 Å². The summed E-state index contributed by atoms with van der Waals surface area (Å²) < 4.78 is 6.49. The third-order valence-electron chi connectivity index (χ3n) is 5.92. The molecule has 2 N–H and O–H groups in total. The maximum absolute atomic E-state index is 12.7. The highest BCUT2D eigenvalue weighted by atomic mass is 32.1. The lowest BCUT2D eigenvalue weighted by Crippen LogP contribution is -2.37. The Labute approximate surface area is 222 Å². The van der Waals surface area contributed by atoms with E-state index >= 15 is 0 Å². The number of morpholine rings is 1. The Kier molecular flexibility index (Phi) is 7.35. The highest BCUT2D eigenvalue weighted by molar-refractivity contribution is 7.80. The number of thiazole rings is 1. The number of carbonyl (C=O) groups excluding carboxylic acids is 1. The van der Waals surface area contributed by atoms with Crippen molar-refractivity contribution in [2.75, 3.05) is 36.5 Å². The second-order valence-corrected chi connectivity index (χ2v) is 9.94. The maximum atomic E-state index is 12.7. The molecule has 2 heterocycles. The number of fused-ring (bicyclic) bond motifs is 1. The van der Waals surface area contributed by atoms with E-state index in [0.717, 1.165) is 27.2 Å². The summed E-state index contributed by atoms with van der Waals surface area (Å²) in [6.07, 6.45) is 0.722. The largest absolute Gasteiger partial charge is 0.378 e. The number of aromatic nitrogens is 1. The van der Waals surface area contributed by atoms with Crippen LogP contribution in [0.4, 0.5) is 17.1 Å². The topological polar surface area (TPSA) is 110 Å². The predicted octanol–water partition coefficient (Wildman–Crippen LogP) is 4.76. The minimum atomic E-state index is -0.526. The number of benzene rings is 3. The summed E-state index contributed by atoms with van der Waals surface area (Å²) in [6, 6.07) is 20.2. The van der Waals surface area contributed by atoms with Crippen molar-refractivity contribution in [1.82, 2.24) is 10.3 Å². The van der Waals surface area contributed by atoms with Crippen LogP contribution in [0.5, 0.6) is 0 Å². The van der Waals surface area contributed by atoms with Gasteiger partial charge in [-0.25, -0.2) is 4.98 Å². The molecule has 188 valence electrons. The molecule has 0 spiro atoms. The van der Waals surface area contributed by atoms with Gasteiger partial charge in [0.1, 0.15) is 5.69 Å². The fourth-order valence-electron chi connectivity index (χ4n) is 4.10. The molecule has 0 atom stereocenters. The Morgan fingerprint density at radius 3 is 2.59 bits per heavy atom. The first-order valence-electron chi connectivity index (χ1n) is 11.6. The van der Waals surface area contributed by atoms with Crippen LogP contribution < -0.4 is 15.5 Å². The molecule has 37 heavy (non-hydrogen) atoms. The monoisotopic (exact) mass is 533 g/mol. The van der Waals surface area contributed by atoms with E-state index in [-0.39, 0.29) is 16.4 Å². The predicted molar refractivity (Wildman–Crippen MR) is 149 cm³/mol. The van der Waals surface area contributed by atoms with Crippen LogP contribution in [-0.2, 0) is 11.2 Å². The number of anilines is 2. The Morgan fingerprint density at radius 1 is 1.11 bits per heavy atom. The fourth-order valence-corrected chi connectivity index (χ4v) is 5.31. The molecule has 11 heteroatoms. The molecule has 4 aromatic rings. The molecular formula is C26H23N5O4S2. The van der Waals surface area contributed by atoms with Crippen molar-refractivity contribution in [2.45, 2.75) is 6.42 Å². The highest BCUT2D eigenvalue weighted by Crippen LogP contribution is 2.30. The first kappa shape index (κ1) is 24.8. The summed E-state index contributed by atoms with van der Waals surface area (Å²) in [4.78, 5) is 30.5. The lowest BCUT2D eigenvalue weighted by Gasteiger charge is -2.28. The number of thiocarbonyl (C=S) groups is 1. The average molecular weight is 534 g/mol. The Hall–Kier alpha value is -3.93. The summed E-state index contributed by atoms with van der Waals surface area (Å²) >= 11 is 6.97. The molecular weight excluding hydrogens is 510 g/mol. The van der Waals surface area contributed by atoms with E-state index in [1.165, 1.54) is 6.07 Å². The van der Waals surface area contributed by atoms with E-state index < -0.39 is 10.8 Å². The zero-order valence-electron chi connectivity index (χ0n) is 19.7. The van der Waals surface area contributed by atoms with Crippen LogP contribution in [-0.4, -0.2) is 47.2 Å². The van der Waals surface area contributed by atoms with Gasteiger partial charge in [0, 0.05) is 36.8 Å². The first-order valence-corrected chi connectivity index (χ1v) is 12.9. The van der Waals surface area contributed by atoms with Crippen molar-refractivity contribution in [3.63, 3.8) is 0 Å². The van der Waals surface area contributed by atoms with Gasteiger partial charge >= 0.3 is 0 Å². The van der Waals surface area contributed by atoms with E-state index in [1.54, 1.807) is 23.5 Å². The molecule has 1 aliphatic rings. The van der Waals surface area contributed by atoms with Crippen LogP contribution in [0.3, 0.4) is 0 Å². The first-order chi connectivity index (χ1) is 18.0. The van der Waals surface area contributed by atoms with Gasteiger partial charge in [0.2, 0.25) is 0 Å². The minimum absolute atomic E-state index is 0.101. The summed E-state index contributed by atoms with van der Waals surface area (Å²) in [5.41, 5.74) is 3.31. The number of nitro benzene ring substituents is 1. The number of nitro groups is 1. The molecule has 3 aromatic carbocycles. The SMILES string of the molecule is O=C(NC(=S)Nc1ccc(Cc2nc3ccccc3s2)cc1)c1ccc(N2CCOCC2)c([N+](=O)[O-])c1. The van der Waals surface area contributed by atoms with Gasteiger partial charge in [0.15, 0.2) is 5.11 Å². The van der Waals surface area contributed by atoms with Gasteiger partial charge in [-0.2, -0.15) is 0 Å². The standard InChI is InChI=1S/C26H23N5O4S2/c32-25(18-7-10-21(22(16-18)31(33)34)30-11-13-35-14-12-30)29-26(36)27-19-8-5-17(6-9-19)15-24-28-20-3-1-2-4-23(20)37-24/h1-10,16H,11-15H2,(H2,27,29,32,36). The van der Waals surface area contributed by atoms with Gasteiger partial charge in [-0.1, -0.05) is 24.3 Å². The maximum Gasteiger partial charge on any atom is 0.293 e.